The van der Waals surface area contributed by atoms with Crippen LogP contribution in [0.2, 0.25) is 0 Å². The number of carbonyl (C=O) groups is 2. The van der Waals surface area contributed by atoms with Gasteiger partial charge in [0.15, 0.2) is 5.78 Å². The minimum absolute atomic E-state index is 0.00268. The van der Waals surface area contributed by atoms with Crippen molar-refractivity contribution in [1.29, 1.82) is 0 Å². The molecular weight excluding hydrogens is 350 g/mol. The van der Waals surface area contributed by atoms with E-state index in [0.717, 1.165) is 30.8 Å². The minimum atomic E-state index is -0.894. The molecule has 0 radical (unpaired) electrons. The smallest absolute Gasteiger partial charge is 0.223 e. The molecule has 27 heavy (non-hydrogen) atoms. The van der Waals surface area contributed by atoms with Crippen LogP contribution in [0.3, 0.4) is 0 Å². The van der Waals surface area contributed by atoms with Crippen LogP contribution < -0.4 is 0 Å². The second-order valence-electron chi connectivity index (χ2n) is 6.82. The maximum Gasteiger partial charge on any atom is 0.223 e. The number of ketones is 1. The third kappa shape index (κ3) is 4.57. The third-order valence-corrected chi connectivity index (χ3v) is 4.89. The number of Topliss-reactive ketones (excluding diaryl/α,β-unsaturated/α-hetero) is 1. The average molecular weight is 372 g/mol. The molecule has 3 rings (SSSR count). The molecule has 1 fully saturated rings. The Balaban J connectivity index is 1.67. The van der Waals surface area contributed by atoms with Gasteiger partial charge in [0, 0.05) is 38.5 Å². The van der Waals surface area contributed by atoms with Crippen molar-refractivity contribution in [2.45, 2.75) is 18.9 Å². The summed E-state index contributed by atoms with van der Waals surface area (Å²) >= 11 is 0. The molecule has 6 heteroatoms. The molecule has 142 valence electrons. The summed E-state index contributed by atoms with van der Waals surface area (Å²) in [4.78, 5) is 29.0. The van der Waals surface area contributed by atoms with Gasteiger partial charge >= 0.3 is 0 Å². The van der Waals surface area contributed by atoms with Gasteiger partial charge in [-0.3, -0.25) is 9.59 Å². The Labute approximate surface area is 157 Å². The van der Waals surface area contributed by atoms with Crippen LogP contribution in [0.4, 0.5) is 8.78 Å². The SMILES string of the molecule is CN1CCN(C(=O)CCC(=O)c2ccc(F)cc2F)C(c2ccccc2)C1. The monoisotopic (exact) mass is 372 g/mol. The second kappa shape index (κ2) is 8.39. The van der Waals surface area contributed by atoms with Crippen LogP contribution in [-0.4, -0.2) is 48.2 Å². The van der Waals surface area contributed by atoms with Crippen LogP contribution in [0.5, 0.6) is 0 Å². The van der Waals surface area contributed by atoms with Gasteiger partial charge in [0.2, 0.25) is 5.91 Å². The number of benzene rings is 2. The maximum atomic E-state index is 13.7. The van der Waals surface area contributed by atoms with E-state index in [1.807, 2.05) is 37.4 Å². The highest BCUT2D eigenvalue weighted by Gasteiger charge is 2.30. The number of halogens is 2. The van der Waals surface area contributed by atoms with Gasteiger partial charge in [-0.1, -0.05) is 30.3 Å². The highest BCUT2D eigenvalue weighted by Crippen LogP contribution is 2.26. The Morgan fingerprint density at radius 1 is 1.04 bits per heavy atom. The first-order valence-electron chi connectivity index (χ1n) is 8.97. The molecule has 2 aromatic carbocycles. The fourth-order valence-corrected chi connectivity index (χ4v) is 3.39. The molecular formula is C21H22F2N2O2. The summed E-state index contributed by atoms with van der Waals surface area (Å²) in [5.74, 6) is -2.25. The van der Waals surface area contributed by atoms with Crippen molar-refractivity contribution in [3.8, 4) is 0 Å². The van der Waals surface area contributed by atoms with Crippen molar-refractivity contribution in [3.05, 3.63) is 71.3 Å². The van der Waals surface area contributed by atoms with Crippen LogP contribution >= 0.6 is 0 Å². The molecule has 1 aliphatic rings. The van der Waals surface area contributed by atoms with Gasteiger partial charge in [-0.05, 0) is 24.7 Å². The van der Waals surface area contributed by atoms with Crippen LogP contribution in [0, 0.1) is 11.6 Å². The molecule has 1 aliphatic heterocycles. The zero-order valence-corrected chi connectivity index (χ0v) is 15.2. The Morgan fingerprint density at radius 3 is 2.48 bits per heavy atom. The fourth-order valence-electron chi connectivity index (χ4n) is 3.39. The van der Waals surface area contributed by atoms with Crippen LogP contribution in [0.25, 0.3) is 0 Å². The van der Waals surface area contributed by atoms with Crippen molar-refractivity contribution < 1.29 is 18.4 Å². The van der Waals surface area contributed by atoms with E-state index < -0.39 is 17.4 Å². The average Bonchev–Trinajstić information content (AvgIpc) is 2.66. The molecule has 0 bridgehead atoms. The lowest BCUT2D eigenvalue weighted by atomic mass is 10.0. The van der Waals surface area contributed by atoms with Gasteiger partial charge in [-0.25, -0.2) is 8.78 Å². The van der Waals surface area contributed by atoms with Gasteiger partial charge < -0.3 is 9.80 Å². The van der Waals surface area contributed by atoms with Gasteiger partial charge in [0.05, 0.1) is 11.6 Å². The van der Waals surface area contributed by atoms with E-state index in [0.29, 0.717) is 12.6 Å². The van der Waals surface area contributed by atoms with Crippen LogP contribution in [-0.2, 0) is 4.79 Å². The Hall–Kier alpha value is -2.60. The van der Waals surface area contributed by atoms with Gasteiger partial charge in [0.1, 0.15) is 11.6 Å². The summed E-state index contributed by atoms with van der Waals surface area (Å²) in [6.07, 6.45) is -0.0993. The Bertz CT molecular complexity index is 826. The molecule has 0 aromatic heterocycles. The highest BCUT2D eigenvalue weighted by molar-refractivity contribution is 5.98. The fraction of sp³-hybridized carbons (Fsp3) is 0.333. The summed E-state index contributed by atoms with van der Waals surface area (Å²) in [6, 6.07) is 12.6. The second-order valence-corrected chi connectivity index (χ2v) is 6.82. The molecule has 1 amide bonds. The lowest BCUT2D eigenvalue weighted by Gasteiger charge is -2.40. The molecule has 1 atom stereocenters. The summed E-state index contributed by atoms with van der Waals surface area (Å²) in [5, 5.41) is 0. The number of amides is 1. The maximum absolute atomic E-state index is 13.7. The molecule has 1 unspecified atom stereocenters. The Kier molecular flexibility index (Phi) is 5.96. The number of hydrogen-bond acceptors (Lipinski definition) is 3. The normalized spacial score (nSPS) is 17.7. The van der Waals surface area contributed by atoms with E-state index in [1.165, 1.54) is 0 Å². The topological polar surface area (TPSA) is 40.6 Å². The van der Waals surface area contributed by atoms with E-state index >= 15 is 0 Å². The largest absolute Gasteiger partial charge is 0.333 e. The lowest BCUT2D eigenvalue weighted by molar-refractivity contribution is -0.136. The number of carbonyl (C=O) groups excluding carboxylic acids is 2. The predicted molar refractivity (Wildman–Crippen MR) is 98.3 cm³/mol. The lowest BCUT2D eigenvalue weighted by Crippen LogP contribution is -2.49. The minimum Gasteiger partial charge on any atom is -0.333 e. The highest BCUT2D eigenvalue weighted by atomic mass is 19.1. The summed E-state index contributed by atoms with van der Waals surface area (Å²) in [7, 11) is 2.01. The van der Waals surface area contributed by atoms with Crippen LogP contribution in [0.15, 0.2) is 48.5 Å². The molecule has 0 saturated carbocycles. The third-order valence-electron chi connectivity index (χ3n) is 4.89. The van der Waals surface area contributed by atoms with E-state index in [9.17, 15) is 18.4 Å². The first-order chi connectivity index (χ1) is 13.0. The molecule has 4 nitrogen and oxygen atoms in total. The first kappa shape index (κ1) is 19.2. The molecule has 0 aliphatic carbocycles. The molecule has 0 N–H and O–H groups in total. The zero-order chi connectivity index (χ0) is 19.4. The number of nitrogens with zero attached hydrogens (tertiary/aromatic N) is 2. The number of likely N-dealkylation sites (N-methyl/N-ethyl adjacent to an activating group) is 1. The van der Waals surface area contributed by atoms with E-state index in [1.54, 1.807) is 4.90 Å². The first-order valence-corrected chi connectivity index (χ1v) is 8.97. The van der Waals surface area contributed by atoms with Crippen molar-refractivity contribution in [2.75, 3.05) is 26.7 Å². The van der Waals surface area contributed by atoms with Crippen molar-refractivity contribution in [3.63, 3.8) is 0 Å². The predicted octanol–water partition coefficient (Wildman–Crippen LogP) is 3.44. The molecule has 1 heterocycles. The van der Waals surface area contributed by atoms with E-state index in [-0.39, 0.29) is 30.4 Å². The number of piperazine rings is 1. The standard InChI is InChI=1S/C21H22F2N2O2/c1-24-11-12-25(19(14-24)15-5-3-2-4-6-15)21(27)10-9-20(26)17-8-7-16(22)13-18(17)23/h2-8,13,19H,9-12,14H2,1H3. The zero-order valence-electron chi connectivity index (χ0n) is 15.2. The van der Waals surface area contributed by atoms with Gasteiger partial charge in [0.25, 0.3) is 0 Å². The molecule has 2 aromatic rings. The molecule has 0 spiro atoms. The van der Waals surface area contributed by atoms with Crippen molar-refractivity contribution >= 4 is 11.7 Å². The molecule has 1 saturated heterocycles. The summed E-state index contributed by atoms with van der Waals surface area (Å²) < 4.78 is 26.7. The Morgan fingerprint density at radius 2 is 1.78 bits per heavy atom. The quantitative estimate of drug-likeness (QED) is 0.755. The number of rotatable bonds is 5. The van der Waals surface area contributed by atoms with Gasteiger partial charge in [-0.2, -0.15) is 0 Å². The number of hydrogen-bond donors (Lipinski definition) is 0. The van der Waals surface area contributed by atoms with Crippen molar-refractivity contribution in [1.82, 2.24) is 9.80 Å². The van der Waals surface area contributed by atoms with E-state index in [4.69, 9.17) is 0 Å². The summed E-state index contributed by atoms with van der Waals surface area (Å²) in [5.41, 5.74) is 0.871. The van der Waals surface area contributed by atoms with Crippen molar-refractivity contribution in [2.24, 2.45) is 0 Å². The van der Waals surface area contributed by atoms with Crippen LogP contribution in [0.1, 0.15) is 34.8 Å². The van der Waals surface area contributed by atoms with E-state index in [2.05, 4.69) is 4.90 Å². The summed E-state index contributed by atoms with van der Waals surface area (Å²) in [6.45, 7) is 2.06. The van der Waals surface area contributed by atoms with Gasteiger partial charge in [-0.15, -0.1) is 0 Å².